The van der Waals surface area contributed by atoms with Crippen molar-refractivity contribution in [2.24, 2.45) is 0 Å². The van der Waals surface area contributed by atoms with Crippen molar-refractivity contribution in [3.8, 4) is 0 Å². The Bertz CT molecular complexity index is 1170. The van der Waals surface area contributed by atoms with Gasteiger partial charge < -0.3 is 31.5 Å². The Morgan fingerprint density at radius 2 is 0.565 bits per heavy atom. The van der Waals surface area contributed by atoms with Gasteiger partial charge in [-0.25, -0.2) is 0 Å². The van der Waals surface area contributed by atoms with Crippen LogP contribution in [0.15, 0.2) is 144 Å². The summed E-state index contributed by atoms with van der Waals surface area (Å²) in [4.78, 5) is 45.7. The third kappa shape index (κ3) is 17.9. The molecule has 248 valence electrons. The van der Waals surface area contributed by atoms with Crippen molar-refractivity contribution in [3.05, 3.63) is 144 Å². The molecule has 0 saturated carbocycles. The van der Waals surface area contributed by atoms with Crippen molar-refractivity contribution in [1.29, 1.82) is 0 Å². The van der Waals surface area contributed by atoms with Gasteiger partial charge in [-0.15, -0.1) is 0 Å². The van der Waals surface area contributed by atoms with Gasteiger partial charge in [0.05, 0.1) is 0 Å². The number of aliphatic hydroxyl groups excluding tert-OH is 2. The number of hydrogen-bond donors (Lipinski definition) is 6. The van der Waals surface area contributed by atoms with Crippen molar-refractivity contribution in [1.82, 2.24) is 21.3 Å². The van der Waals surface area contributed by atoms with Gasteiger partial charge in [0, 0.05) is 122 Å². The zero-order valence-electron chi connectivity index (χ0n) is 25.6. The SMILES string of the molecule is CO.CO.O=C1C=CC=C/C1=C/NCCN/C=C1/C=CC=CC1=O.O=C1C=CC=C/C1=C/NCCN/C=C1/C=CC=CC1=O.[Fe].[Fe]. The Morgan fingerprint density at radius 1 is 0.391 bits per heavy atom. The fourth-order valence-corrected chi connectivity index (χ4v) is 3.42. The summed E-state index contributed by atoms with van der Waals surface area (Å²) < 4.78 is 0. The minimum atomic E-state index is -0.000182. The number of aliphatic hydroxyl groups is 2. The van der Waals surface area contributed by atoms with Crippen LogP contribution in [0.3, 0.4) is 0 Å². The summed E-state index contributed by atoms with van der Waals surface area (Å²) in [6, 6.07) is 0. The molecule has 12 heteroatoms. The second-order valence-corrected chi connectivity index (χ2v) is 8.55. The number of rotatable bonds is 10. The Morgan fingerprint density at radius 3 is 0.739 bits per heavy atom. The average molecular weight is 712 g/mol. The van der Waals surface area contributed by atoms with Crippen LogP contribution in [0.1, 0.15) is 0 Å². The van der Waals surface area contributed by atoms with Crippen LogP contribution in [0.5, 0.6) is 0 Å². The van der Waals surface area contributed by atoms with Gasteiger partial charge in [0.25, 0.3) is 0 Å². The van der Waals surface area contributed by atoms with E-state index in [1.54, 1.807) is 73.4 Å². The molecule has 0 atom stereocenters. The summed E-state index contributed by atoms with van der Waals surface area (Å²) in [6.45, 7) is 2.63. The van der Waals surface area contributed by atoms with Gasteiger partial charge >= 0.3 is 0 Å². The molecule has 0 aromatic heterocycles. The Balaban J connectivity index is 0. The molecule has 4 aliphatic carbocycles. The minimum Gasteiger partial charge on any atom is -0.400 e. The van der Waals surface area contributed by atoms with Gasteiger partial charge in [-0.2, -0.15) is 0 Å². The summed E-state index contributed by atoms with van der Waals surface area (Å²) in [6.07, 6.45) is 34.2. The first-order valence-corrected chi connectivity index (χ1v) is 13.7. The van der Waals surface area contributed by atoms with Crippen molar-refractivity contribution in [3.63, 3.8) is 0 Å². The molecule has 0 spiro atoms. The topological polar surface area (TPSA) is 157 Å². The van der Waals surface area contributed by atoms with Gasteiger partial charge in [0.2, 0.25) is 0 Å². The monoisotopic (exact) mass is 712 g/mol. The maximum atomic E-state index is 11.4. The first kappa shape index (κ1) is 43.8. The molecule has 6 N–H and O–H groups in total. The predicted octanol–water partition coefficient (Wildman–Crippen LogP) is 1.86. The molecule has 0 unspecified atom stereocenters. The van der Waals surface area contributed by atoms with Crippen LogP contribution in [0.4, 0.5) is 0 Å². The number of hydrogen-bond acceptors (Lipinski definition) is 10. The number of carbonyl (C=O) groups excluding carboxylic acids is 4. The van der Waals surface area contributed by atoms with Crippen LogP contribution < -0.4 is 21.3 Å². The van der Waals surface area contributed by atoms with E-state index >= 15 is 0 Å². The van der Waals surface area contributed by atoms with E-state index < -0.39 is 0 Å². The Kier molecular flexibility index (Phi) is 26.9. The van der Waals surface area contributed by atoms with Gasteiger partial charge in [0.1, 0.15) is 0 Å². The molecule has 0 bridgehead atoms. The van der Waals surface area contributed by atoms with Crippen LogP contribution in [0, 0.1) is 0 Å². The second kappa shape index (κ2) is 28.2. The smallest absolute Gasteiger partial charge is 0.187 e. The largest absolute Gasteiger partial charge is 0.400 e. The normalized spacial score (nSPS) is 18.5. The fourth-order valence-electron chi connectivity index (χ4n) is 3.42. The first-order chi connectivity index (χ1) is 21.5. The number of ketones is 4. The Hall–Kier alpha value is -4.28. The fraction of sp³-hybridized carbons (Fsp3) is 0.176. The molecule has 0 radical (unpaired) electrons. The van der Waals surface area contributed by atoms with E-state index in [0.717, 1.165) is 14.2 Å². The maximum absolute atomic E-state index is 11.4. The molecule has 4 aliphatic rings. The van der Waals surface area contributed by atoms with E-state index in [9.17, 15) is 19.2 Å². The third-order valence-corrected chi connectivity index (χ3v) is 5.53. The molecule has 46 heavy (non-hydrogen) atoms. The van der Waals surface area contributed by atoms with Crippen molar-refractivity contribution in [2.75, 3.05) is 40.4 Å². The van der Waals surface area contributed by atoms with Crippen molar-refractivity contribution >= 4 is 23.1 Å². The van der Waals surface area contributed by atoms with Gasteiger partial charge in [-0.3, -0.25) is 19.2 Å². The zero-order chi connectivity index (χ0) is 32.4. The summed E-state index contributed by atoms with van der Waals surface area (Å²) in [5.74, 6) is -0.000726. The molecule has 10 nitrogen and oxygen atoms in total. The summed E-state index contributed by atoms with van der Waals surface area (Å²) in [7, 11) is 2.00. The third-order valence-electron chi connectivity index (χ3n) is 5.53. The Labute approximate surface area is 291 Å². The quantitative estimate of drug-likeness (QED) is 0.112. The number of carbonyl (C=O) groups is 4. The molecule has 0 aromatic rings. The number of allylic oxidation sites excluding steroid dienone is 20. The van der Waals surface area contributed by atoms with Crippen LogP contribution >= 0.6 is 0 Å². The molecule has 0 aliphatic heterocycles. The summed E-state index contributed by atoms with van der Waals surface area (Å²) in [5, 5.41) is 26.2. The van der Waals surface area contributed by atoms with E-state index in [0.29, 0.717) is 48.5 Å². The van der Waals surface area contributed by atoms with Crippen molar-refractivity contribution in [2.45, 2.75) is 0 Å². The minimum absolute atomic E-state index is 0. The van der Waals surface area contributed by atoms with E-state index in [4.69, 9.17) is 10.2 Å². The van der Waals surface area contributed by atoms with Crippen LogP contribution in [-0.4, -0.2) is 73.7 Å². The molecule has 0 heterocycles. The standard InChI is InChI=1S/2C16H16N2O2.2CH4O.2Fe/c2*19-15-7-3-1-5-13(15)11-17-9-10-18-12-14-6-2-4-8-16(14)20;2*1-2;;/h2*1-8,11-12,17-18H,9-10H2;2*2H,1H3;;/b2*13-11-,14-12-;;;;. The molecular formula is C34H40Fe2N4O6. The predicted molar refractivity (Wildman–Crippen MR) is 174 cm³/mol. The molecule has 0 saturated heterocycles. The zero-order valence-corrected chi connectivity index (χ0v) is 27.8. The van der Waals surface area contributed by atoms with E-state index in [-0.39, 0.29) is 57.3 Å². The second-order valence-electron chi connectivity index (χ2n) is 8.55. The molecule has 0 aromatic carbocycles. The van der Waals surface area contributed by atoms with Gasteiger partial charge in [0.15, 0.2) is 23.1 Å². The summed E-state index contributed by atoms with van der Waals surface area (Å²) >= 11 is 0. The van der Waals surface area contributed by atoms with E-state index in [1.165, 1.54) is 24.3 Å². The molecule has 0 fully saturated rings. The number of nitrogens with one attached hydrogen (secondary N) is 4. The molecule has 4 rings (SSSR count). The molecule has 0 amide bonds. The van der Waals surface area contributed by atoms with Gasteiger partial charge in [-0.1, -0.05) is 48.6 Å². The first-order valence-electron chi connectivity index (χ1n) is 13.7. The van der Waals surface area contributed by atoms with Crippen molar-refractivity contribution < 1.29 is 63.5 Å². The van der Waals surface area contributed by atoms with E-state index in [1.807, 2.05) is 24.3 Å². The van der Waals surface area contributed by atoms with E-state index in [2.05, 4.69) is 21.3 Å². The van der Waals surface area contributed by atoms with Crippen LogP contribution in [0.2, 0.25) is 0 Å². The van der Waals surface area contributed by atoms with Gasteiger partial charge in [-0.05, 0) is 48.6 Å². The summed E-state index contributed by atoms with van der Waals surface area (Å²) in [5.41, 5.74) is 2.56. The van der Waals surface area contributed by atoms with Crippen LogP contribution in [0.25, 0.3) is 0 Å². The average Bonchev–Trinajstić information content (AvgIpc) is 3.06. The van der Waals surface area contributed by atoms with Crippen LogP contribution in [-0.2, 0) is 53.3 Å². The maximum Gasteiger partial charge on any atom is 0.187 e. The molecular weight excluding hydrogens is 672 g/mol.